The molecule has 174 valence electrons. The predicted octanol–water partition coefficient (Wildman–Crippen LogP) is 2.70. The minimum absolute atomic E-state index is 0.126. The number of methoxy groups -OCH3 is 1. The number of carbonyl (C=O) groups excluding carboxylic acids is 3. The van der Waals surface area contributed by atoms with E-state index in [-0.39, 0.29) is 42.0 Å². The molecule has 2 aromatic rings. The van der Waals surface area contributed by atoms with E-state index in [0.29, 0.717) is 0 Å². The zero-order valence-electron chi connectivity index (χ0n) is 18.7. The molecular weight excluding hydrogens is 438 g/mol. The lowest BCUT2D eigenvalue weighted by atomic mass is 9.85. The average Bonchev–Trinajstić information content (AvgIpc) is 3.30. The van der Waals surface area contributed by atoms with Gasteiger partial charge in [0.2, 0.25) is 11.8 Å². The van der Waals surface area contributed by atoms with Gasteiger partial charge < -0.3 is 9.64 Å². The van der Waals surface area contributed by atoms with Gasteiger partial charge in [0, 0.05) is 36.1 Å². The first-order valence-corrected chi connectivity index (χ1v) is 11.0. The Hall–Kier alpha value is -3.85. The number of fused-ring (bicyclic) bond motifs is 5. The molecule has 2 amide bonds. The number of carbonyl (C=O) groups is 3. The molecule has 0 aromatic heterocycles. The third kappa shape index (κ3) is 3.15. The number of likely N-dealkylation sites (tertiary alicyclic amines) is 1. The third-order valence-corrected chi connectivity index (χ3v) is 7.00. The minimum Gasteiger partial charge on any atom is -0.383 e. The van der Waals surface area contributed by atoms with Crippen LogP contribution in [0.3, 0.4) is 0 Å². The number of non-ortho nitro benzene ring substituents is 1. The van der Waals surface area contributed by atoms with Gasteiger partial charge in [-0.1, -0.05) is 24.3 Å². The van der Waals surface area contributed by atoms with Crippen LogP contribution >= 0.6 is 0 Å². The molecule has 34 heavy (non-hydrogen) atoms. The molecule has 2 saturated heterocycles. The van der Waals surface area contributed by atoms with Gasteiger partial charge in [-0.25, -0.2) is 0 Å². The van der Waals surface area contributed by atoms with Crippen LogP contribution in [0.25, 0.3) is 5.57 Å². The van der Waals surface area contributed by atoms with E-state index in [0.717, 1.165) is 16.8 Å². The van der Waals surface area contributed by atoms with E-state index in [4.69, 9.17) is 4.74 Å². The summed E-state index contributed by atoms with van der Waals surface area (Å²) in [5.74, 6) is -2.58. The van der Waals surface area contributed by atoms with E-state index in [1.165, 1.54) is 36.3 Å². The van der Waals surface area contributed by atoms with Gasteiger partial charge in [-0.15, -0.1) is 0 Å². The number of para-hydroxylation sites is 1. The van der Waals surface area contributed by atoms with E-state index >= 15 is 0 Å². The van der Waals surface area contributed by atoms with Gasteiger partial charge in [-0.3, -0.25) is 29.4 Å². The number of ketones is 1. The number of ether oxygens (including phenoxy) is 1. The Balaban J connectivity index is 1.62. The number of Topliss-reactive ketones (excluding diaryl/α,β-unsaturated/α-hetero) is 1. The largest absolute Gasteiger partial charge is 0.383 e. The molecule has 0 bridgehead atoms. The van der Waals surface area contributed by atoms with Crippen molar-refractivity contribution in [1.82, 2.24) is 4.90 Å². The van der Waals surface area contributed by atoms with E-state index in [9.17, 15) is 24.5 Å². The number of benzene rings is 2. The maximum atomic E-state index is 13.9. The molecule has 0 saturated carbocycles. The monoisotopic (exact) mass is 461 g/mol. The maximum Gasteiger partial charge on any atom is 0.269 e. The highest BCUT2D eigenvalue weighted by atomic mass is 16.6. The molecule has 0 N–H and O–H groups in total. The highest BCUT2D eigenvalue weighted by Gasteiger charge is 2.64. The highest BCUT2D eigenvalue weighted by Crippen LogP contribution is 2.50. The molecule has 5 rings (SSSR count). The van der Waals surface area contributed by atoms with Gasteiger partial charge in [-0.05, 0) is 30.7 Å². The van der Waals surface area contributed by atoms with Gasteiger partial charge in [0.15, 0.2) is 5.78 Å². The number of hydrogen-bond acceptors (Lipinski definition) is 7. The van der Waals surface area contributed by atoms with Crippen molar-refractivity contribution in [3.8, 4) is 0 Å². The summed E-state index contributed by atoms with van der Waals surface area (Å²) in [6.07, 6.45) is 1.97. The van der Waals surface area contributed by atoms with Gasteiger partial charge >= 0.3 is 0 Å². The van der Waals surface area contributed by atoms with Crippen molar-refractivity contribution in [1.29, 1.82) is 0 Å². The summed E-state index contributed by atoms with van der Waals surface area (Å²) < 4.78 is 5.08. The van der Waals surface area contributed by atoms with Crippen LogP contribution < -0.4 is 4.90 Å². The van der Waals surface area contributed by atoms with Crippen LogP contribution in [0, 0.1) is 22.0 Å². The summed E-state index contributed by atoms with van der Waals surface area (Å²) in [6, 6.07) is 11.6. The Bertz CT molecular complexity index is 1240. The highest BCUT2D eigenvalue weighted by molar-refractivity contribution is 6.14. The molecule has 0 aliphatic carbocycles. The molecular formula is C25H23N3O6. The summed E-state index contributed by atoms with van der Waals surface area (Å²) in [5, 5.41) is 11.1. The zero-order valence-corrected chi connectivity index (χ0v) is 18.7. The molecule has 3 heterocycles. The fraction of sp³-hybridized carbons (Fsp3) is 0.320. The van der Waals surface area contributed by atoms with Crippen LogP contribution in [0.4, 0.5) is 11.4 Å². The first-order chi connectivity index (χ1) is 16.3. The number of anilines is 1. The van der Waals surface area contributed by atoms with Crippen LogP contribution in [0.15, 0.2) is 54.6 Å². The molecule has 9 nitrogen and oxygen atoms in total. The minimum atomic E-state index is -0.911. The zero-order chi connectivity index (χ0) is 24.1. The summed E-state index contributed by atoms with van der Waals surface area (Å²) >= 11 is 0. The first-order valence-electron chi connectivity index (χ1n) is 11.0. The van der Waals surface area contributed by atoms with Gasteiger partial charge in [0.25, 0.3) is 5.69 Å². The lowest BCUT2D eigenvalue weighted by molar-refractivity contribution is -0.384. The van der Waals surface area contributed by atoms with Gasteiger partial charge in [-0.2, -0.15) is 0 Å². The number of allylic oxidation sites excluding steroid dienone is 1. The maximum absolute atomic E-state index is 13.9. The quantitative estimate of drug-likeness (QED) is 0.282. The number of nitro groups is 1. The number of rotatable bonds is 6. The first kappa shape index (κ1) is 22.0. The molecule has 9 heteroatoms. The van der Waals surface area contributed by atoms with Crippen LogP contribution in [0.2, 0.25) is 0 Å². The summed E-state index contributed by atoms with van der Waals surface area (Å²) in [7, 11) is 1.50. The van der Waals surface area contributed by atoms with Gasteiger partial charge in [0.05, 0.1) is 36.0 Å². The van der Waals surface area contributed by atoms with Crippen molar-refractivity contribution >= 4 is 34.5 Å². The van der Waals surface area contributed by atoms with Crippen LogP contribution in [-0.4, -0.2) is 59.8 Å². The second-order valence-electron chi connectivity index (χ2n) is 8.75. The topological polar surface area (TPSA) is 110 Å². The standard InChI is InChI=1S/C25H23N3O6/c1-14-13-19-20-21(25(31)26(24(20)30)11-12-34-2)22(27(19)18-6-4-3-5-17(14)18)23(29)15-7-9-16(10-8-15)28(32)33/h3-10,13,19-22H,11-12H2,1-2H3/t19-,20-,21-,22+/m0/s1. The van der Waals surface area contributed by atoms with E-state index in [1.807, 2.05) is 42.2 Å². The molecule has 0 radical (unpaired) electrons. The fourth-order valence-electron chi connectivity index (χ4n) is 5.48. The van der Waals surface area contributed by atoms with Crippen molar-refractivity contribution in [3.63, 3.8) is 0 Å². The normalized spacial score (nSPS) is 25.1. The molecule has 4 atom stereocenters. The number of imide groups is 1. The summed E-state index contributed by atoms with van der Waals surface area (Å²) in [4.78, 5) is 54.4. The van der Waals surface area contributed by atoms with Crippen molar-refractivity contribution < 1.29 is 24.0 Å². The molecule has 3 aliphatic heterocycles. The van der Waals surface area contributed by atoms with Crippen molar-refractivity contribution in [2.45, 2.75) is 19.0 Å². The van der Waals surface area contributed by atoms with Crippen molar-refractivity contribution in [3.05, 3.63) is 75.8 Å². The Morgan fingerprint density at radius 2 is 1.74 bits per heavy atom. The summed E-state index contributed by atoms with van der Waals surface area (Å²) in [6.45, 7) is 2.30. The Morgan fingerprint density at radius 1 is 1.06 bits per heavy atom. The molecule has 2 aromatic carbocycles. The Labute approximate surface area is 195 Å². The lowest BCUT2D eigenvalue weighted by Gasteiger charge is -2.38. The van der Waals surface area contributed by atoms with Crippen LogP contribution in [-0.2, 0) is 14.3 Å². The third-order valence-electron chi connectivity index (χ3n) is 7.00. The fourth-order valence-corrected chi connectivity index (χ4v) is 5.48. The number of nitrogens with zero attached hydrogens (tertiary/aromatic N) is 3. The van der Waals surface area contributed by atoms with E-state index < -0.39 is 28.8 Å². The Morgan fingerprint density at radius 3 is 2.41 bits per heavy atom. The van der Waals surface area contributed by atoms with Crippen molar-refractivity contribution in [2.75, 3.05) is 25.2 Å². The smallest absolute Gasteiger partial charge is 0.269 e. The number of amides is 2. The second-order valence-corrected chi connectivity index (χ2v) is 8.75. The summed E-state index contributed by atoms with van der Waals surface area (Å²) in [5.41, 5.74) is 2.85. The average molecular weight is 461 g/mol. The van der Waals surface area contributed by atoms with Crippen LogP contribution in [0.1, 0.15) is 22.8 Å². The van der Waals surface area contributed by atoms with Crippen molar-refractivity contribution in [2.24, 2.45) is 11.8 Å². The SMILES string of the molecule is COCCN1C(=O)[C@@H]2[C@H](C1=O)[C@H](C(=O)c1ccc([N+](=O)[O-])cc1)N1c3ccccc3C(C)=C[C@@H]21. The Kier molecular flexibility index (Phi) is 5.28. The van der Waals surface area contributed by atoms with E-state index in [2.05, 4.69) is 0 Å². The molecule has 3 aliphatic rings. The van der Waals surface area contributed by atoms with E-state index in [1.54, 1.807) is 0 Å². The van der Waals surface area contributed by atoms with Gasteiger partial charge in [0.1, 0.15) is 6.04 Å². The second kappa shape index (κ2) is 8.18. The van der Waals surface area contributed by atoms with Crippen LogP contribution in [0.5, 0.6) is 0 Å². The molecule has 0 spiro atoms. The molecule has 2 fully saturated rings. The number of nitro benzene ring substituents is 1. The molecule has 0 unspecified atom stereocenters. The predicted molar refractivity (Wildman–Crippen MR) is 123 cm³/mol. The number of hydrogen-bond donors (Lipinski definition) is 0. The lowest BCUT2D eigenvalue weighted by Crippen LogP contribution is -2.49.